The van der Waals surface area contributed by atoms with E-state index in [2.05, 4.69) is 20.8 Å². The molecule has 6 nitrogen and oxygen atoms in total. The summed E-state index contributed by atoms with van der Waals surface area (Å²) in [5.41, 5.74) is 2.33. The van der Waals surface area contributed by atoms with Crippen LogP contribution in [-0.4, -0.2) is 21.9 Å². The maximum atomic E-state index is 12.9. The normalized spacial score (nSPS) is 10.6. The van der Waals surface area contributed by atoms with Crippen molar-refractivity contribution in [3.05, 3.63) is 64.8 Å². The van der Waals surface area contributed by atoms with Crippen LogP contribution in [0.25, 0.3) is 0 Å². The SMILES string of the molecule is Cc1ccc(Cl)cc1NC(=O)CSc1nnc(CNc2ccc(F)cc2)o1. The molecule has 0 atom stereocenters. The number of aryl methyl sites for hydroxylation is 1. The molecule has 0 saturated heterocycles. The number of carbonyl (C=O) groups is 1. The van der Waals surface area contributed by atoms with Crippen LogP contribution < -0.4 is 10.6 Å². The third-order valence-electron chi connectivity index (χ3n) is 3.54. The molecule has 0 radical (unpaired) electrons. The van der Waals surface area contributed by atoms with Gasteiger partial charge in [-0.3, -0.25) is 4.79 Å². The van der Waals surface area contributed by atoms with Gasteiger partial charge < -0.3 is 15.1 Å². The highest BCUT2D eigenvalue weighted by molar-refractivity contribution is 7.99. The van der Waals surface area contributed by atoms with Gasteiger partial charge >= 0.3 is 0 Å². The van der Waals surface area contributed by atoms with E-state index in [0.717, 1.165) is 23.0 Å². The molecule has 2 aromatic carbocycles. The Morgan fingerprint density at radius 2 is 2.00 bits per heavy atom. The number of aromatic nitrogens is 2. The Kier molecular flexibility index (Phi) is 6.31. The summed E-state index contributed by atoms with van der Waals surface area (Å²) in [6, 6.07) is 11.2. The van der Waals surface area contributed by atoms with E-state index in [-0.39, 0.29) is 17.5 Å². The fourth-order valence-electron chi connectivity index (χ4n) is 2.16. The van der Waals surface area contributed by atoms with Crippen LogP contribution in [0, 0.1) is 12.7 Å². The first-order valence-electron chi connectivity index (χ1n) is 8.00. The van der Waals surface area contributed by atoms with Gasteiger partial charge in [0.25, 0.3) is 5.22 Å². The Morgan fingerprint density at radius 1 is 1.22 bits per heavy atom. The molecule has 27 heavy (non-hydrogen) atoms. The van der Waals surface area contributed by atoms with E-state index in [1.807, 2.05) is 13.0 Å². The standard InChI is InChI=1S/C18H16ClFN4O2S/c1-11-2-3-12(19)8-15(11)22-16(25)10-27-18-24-23-17(26-18)9-21-14-6-4-13(20)5-7-14/h2-8,21H,9-10H2,1H3,(H,22,25). The number of rotatable bonds is 7. The first-order chi connectivity index (χ1) is 13.0. The molecule has 1 aromatic heterocycles. The van der Waals surface area contributed by atoms with Crippen molar-refractivity contribution in [3.8, 4) is 0 Å². The average Bonchev–Trinajstić information content (AvgIpc) is 3.10. The highest BCUT2D eigenvalue weighted by Crippen LogP contribution is 2.22. The Hall–Kier alpha value is -2.58. The Bertz CT molecular complexity index is 933. The van der Waals surface area contributed by atoms with Gasteiger partial charge in [-0.15, -0.1) is 10.2 Å². The lowest BCUT2D eigenvalue weighted by atomic mass is 10.2. The first kappa shape index (κ1) is 19.2. The van der Waals surface area contributed by atoms with Gasteiger partial charge in [0.05, 0.1) is 12.3 Å². The predicted molar refractivity (Wildman–Crippen MR) is 104 cm³/mol. The van der Waals surface area contributed by atoms with Crippen LogP contribution in [0.4, 0.5) is 15.8 Å². The second kappa shape index (κ2) is 8.88. The number of nitrogens with one attached hydrogen (secondary N) is 2. The number of nitrogens with zero attached hydrogens (tertiary/aromatic N) is 2. The Labute approximate surface area is 164 Å². The molecular weight excluding hydrogens is 391 g/mol. The quantitative estimate of drug-likeness (QED) is 0.562. The largest absolute Gasteiger partial charge is 0.414 e. The van der Waals surface area contributed by atoms with E-state index in [4.69, 9.17) is 16.0 Å². The number of hydrogen-bond acceptors (Lipinski definition) is 6. The average molecular weight is 407 g/mol. The van der Waals surface area contributed by atoms with E-state index in [9.17, 15) is 9.18 Å². The molecule has 0 bridgehead atoms. The maximum Gasteiger partial charge on any atom is 0.277 e. The minimum atomic E-state index is -0.303. The van der Waals surface area contributed by atoms with E-state index < -0.39 is 0 Å². The van der Waals surface area contributed by atoms with Crippen LogP contribution in [0.15, 0.2) is 52.1 Å². The maximum absolute atomic E-state index is 12.9. The van der Waals surface area contributed by atoms with Gasteiger partial charge in [0, 0.05) is 16.4 Å². The summed E-state index contributed by atoms with van der Waals surface area (Å²) in [7, 11) is 0. The summed E-state index contributed by atoms with van der Waals surface area (Å²) in [5, 5.41) is 14.5. The third kappa shape index (κ3) is 5.70. The summed E-state index contributed by atoms with van der Waals surface area (Å²) < 4.78 is 18.3. The van der Waals surface area contributed by atoms with E-state index >= 15 is 0 Å². The van der Waals surface area contributed by atoms with Crippen LogP contribution in [-0.2, 0) is 11.3 Å². The summed E-state index contributed by atoms with van der Waals surface area (Å²) in [5.74, 6) is -0.00959. The topological polar surface area (TPSA) is 80.0 Å². The van der Waals surface area contributed by atoms with Gasteiger partial charge in [-0.2, -0.15) is 0 Å². The van der Waals surface area contributed by atoms with Crippen molar-refractivity contribution in [2.45, 2.75) is 18.7 Å². The van der Waals surface area contributed by atoms with Crippen LogP contribution in [0.3, 0.4) is 0 Å². The molecule has 0 unspecified atom stereocenters. The van der Waals surface area contributed by atoms with Crippen LogP contribution in [0.2, 0.25) is 5.02 Å². The number of thioether (sulfide) groups is 1. The second-order valence-electron chi connectivity index (χ2n) is 5.62. The lowest BCUT2D eigenvalue weighted by Crippen LogP contribution is -2.14. The van der Waals surface area contributed by atoms with E-state index in [0.29, 0.717) is 28.4 Å². The number of carbonyl (C=O) groups excluding carboxylic acids is 1. The lowest BCUT2D eigenvalue weighted by molar-refractivity contribution is -0.113. The monoisotopic (exact) mass is 406 g/mol. The van der Waals surface area contributed by atoms with Crippen LogP contribution in [0.5, 0.6) is 0 Å². The first-order valence-corrected chi connectivity index (χ1v) is 9.36. The lowest BCUT2D eigenvalue weighted by Gasteiger charge is -2.07. The highest BCUT2D eigenvalue weighted by Gasteiger charge is 2.11. The summed E-state index contributed by atoms with van der Waals surface area (Å²) in [6.45, 7) is 2.19. The predicted octanol–water partition coefficient (Wildman–Crippen LogP) is 4.51. The smallest absolute Gasteiger partial charge is 0.277 e. The molecule has 2 N–H and O–H groups in total. The molecule has 1 amide bonds. The fraction of sp³-hybridized carbons (Fsp3) is 0.167. The molecule has 140 valence electrons. The van der Waals surface area contributed by atoms with Crippen molar-refractivity contribution >= 4 is 40.6 Å². The molecule has 0 fully saturated rings. The summed E-state index contributed by atoms with van der Waals surface area (Å²) >= 11 is 7.08. The van der Waals surface area contributed by atoms with Gasteiger partial charge in [0.1, 0.15) is 5.82 Å². The summed E-state index contributed by atoms with van der Waals surface area (Å²) in [6.07, 6.45) is 0. The van der Waals surface area contributed by atoms with Crippen molar-refractivity contribution in [1.29, 1.82) is 0 Å². The zero-order chi connectivity index (χ0) is 19.2. The van der Waals surface area contributed by atoms with Crippen molar-refractivity contribution in [2.75, 3.05) is 16.4 Å². The molecular formula is C18H16ClFN4O2S. The van der Waals surface area contributed by atoms with Crippen molar-refractivity contribution in [1.82, 2.24) is 10.2 Å². The molecule has 9 heteroatoms. The number of amides is 1. The molecule has 0 spiro atoms. The molecule has 0 aliphatic heterocycles. The minimum absolute atomic E-state index is 0.124. The number of anilines is 2. The van der Waals surface area contributed by atoms with Gasteiger partial charge in [-0.25, -0.2) is 4.39 Å². The van der Waals surface area contributed by atoms with Gasteiger partial charge in [0.15, 0.2) is 0 Å². The van der Waals surface area contributed by atoms with Crippen molar-refractivity contribution < 1.29 is 13.6 Å². The number of hydrogen-bond donors (Lipinski definition) is 2. The Balaban J connectivity index is 1.48. The molecule has 1 heterocycles. The van der Waals surface area contributed by atoms with Gasteiger partial charge in [0.2, 0.25) is 11.8 Å². The highest BCUT2D eigenvalue weighted by atomic mass is 35.5. The zero-order valence-corrected chi connectivity index (χ0v) is 15.9. The molecule has 3 rings (SSSR count). The third-order valence-corrected chi connectivity index (χ3v) is 4.59. The van der Waals surface area contributed by atoms with Crippen molar-refractivity contribution in [2.24, 2.45) is 0 Å². The van der Waals surface area contributed by atoms with Gasteiger partial charge in [-0.05, 0) is 48.9 Å². The van der Waals surface area contributed by atoms with Gasteiger partial charge in [-0.1, -0.05) is 29.4 Å². The summed E-state index contributed by atoms with van der Waals surface area (Å²) in [4.78, 5) is 12.1. The zero-order valence-electron chi connectivity index (χ0n) is 14.3. The molecule has 3 aromatic rings. The van der Waals surface area contributed by atoms with E-state index in [1.54, 1.807) is 24.3 Å². The molecule has 0 aliphatic rings. The molecule has 0 aliphatic carbocycles. The second-order valence-corrected chi connectivity index (χ2v) is 6.98. The van der Waals surface area contributed by atoms with Crippen LogP contribution in [0.1, 0.15) is 11.5 Å². The minimum Gasteiger partial charge on any atom is -0.414 e. The fourth-order valence-corrected chi connectivity index (χ4v) is 2.91. The Morgan fingerprint density at radius 3 is 2.78 bits per heavy atom. The van der Waals surface area contributed by atoms with Crippen molar-refractivity contribution in [3.63, 3.8) is 0 Å². The number of halogens is 2. The van der Waals surface area contributed by atoms with Crippen LogP contribution >= 0.6 is 23.4 Å². The number of benzene rings is 2. The molecule has 0 saturated carbocycles. The van der Waals surface area contributed by atoms with E-state index in [1.165, 1.54) is 12.1 Å².